The second-order valence-corrected chi connectivity index (χ2v) is 5.82. The molecule has 0 saturated carbocycles. The lowest BCUT2D eigenvalue weighted by Gasteiger charge is -2.07. The van der Waals surface area contributed by atoms with Crippen LogP contribution in [0.2, 0.25) is 0 Å². The SMILES string of the molecule is CCOC(=O)C1(F)C(c2ccc(C)cc2)N1Cc1ccccc1. The van der Waals surface area contributed by atoms with Crippen molar-refractivity contribution in [2.45, 2.75) is 32.2 Å². The molecular formula is C19H20FNO2. The maximum absolute atomic E-state index is 15.3. The lowest BCUT2D eigenvalue weighted by molar-refractivity contribution is -0.153. The van der Waals surface area contributed by atoms with Crippen molar-refractivity contribution in [3.8, 4) is 0 Å². The highest BCUT2D eigenvalue weighted by molar-refractivity contribution is 5.84. The number of carbonyl (C=O) groups excluding carboxylic acids is 1. The van der Waals surface area contributed by atoms with Crippen molar-refractivity contribution in [2.75, 3.05) is 6.61 Å². The summed E-state index contributed by atoms with van der Waals surface area (Å²) in [6, 6.07) is 16.6. The average molecular weight is 313 g/mol. The molecule has 2 aromatic carbocycles. The molecule has 0 N–H and O–H groups in total. The van der Waals surface area contributed by atoms with Crippen LogP contribution in [0.4, 0.5) is 4.39 Å². The Morgan fingerprint density at radius 1 is 1.17 bits per heavy atom. The normalized spacial score (nSPS) is 25.9. The number of nitrogens with zero attached hydrogens (tertiary/aromatic N) is 1. The van der Waals surface area contributed by atoms with Crippen molar-refractivity contribution in [1.82, 2.24) is 4.90 Å². The van der Waals surface area contributed by atoms with E-state index in [1.165, 1.54) is 0 Å². The molecule has 23 heavy (non-hydrogen) atoms. The molecule has 3 rings (SSSR count). The molecule has 4 heteroatoms. The topological polar surface area (TPSA) is 29.3 Å². The van der Waals surface area contributed by atoms with Gasteiger partial charge in [0.1, 0.15) is 0 Å². The molecule has 3 unspecified atom stereocenters. The number of hydrogen-bond acceptors (Lipinski definition) is 3. The highest BCUT2D eigenvalue weighted by Gasteiger charge is 2.71. The average Bonchev–Trinajstić information content (AvgIpc) is 3.15. The van der Waals surface area contributed by atoms with Gasteiger partial charge in [-0.2, -0.15) is 0 Å². The van der Waals surface area contributed by atoms with Crippen molar-refractivity contribution < 1.29 is 13.9 Å². The smallest absolute Gasteiger partial charge is 0.361 e. The van der Waals surface area contributed by atoms with Crippen molar-refractivity contribution >= 4 is 5.97 Å². The van der Waals surface area contributed by atoms with Gasteiger partial charge in [-0.25, -0.2) is 14.1 Å². The number of rotatable bonds is 5. The Labute approximate surface area is 135 Å². The van der Waals surface area contributed by atoms with Gasteiger partial charge in [-0.05, 0) is 25.0 Å². The first-order chi connectivity index (χ1) is 11.1. The number of benzene rings is 2. The van der Waals surface area contributed by atoms with Crippen LogP contribution in [0.1, 0.15) is 29.7 Å². The molecular weight excluding hydrogens is 293 g/mol. The van der Waals surface area contributed by atoms with Crippen molar-refractivity contribution in [3.05, 3.63) is 71.3 Å². The number of alkyl halides is 1. The molecule has 3 nitrogen and oxygen atoms in total. The predicted octanol–water partition coefficient (Wildman–Crippen LogP) is 3.78. The molecule has 0 amide bonds. The molecule has 0 bridgehead atoms. The van der Waals surface area contributed by atoms with Crippen LogP contribution in [0.15, 0.2) is 54.6 Å². The van der Waals surface area contributed by atoms with Crippen LogP contribution in [0.5, 0.6) is 0 Å². The molecule has 2 aromatic rings. The molecule has 1 saturated heterocycles. The zero-order valence-electron chi connectivity index (χ0n) is 13.3. The van der Waals surface area contributed by atoms with Gasteiger partial charge < -0.3 is 4.74 Å². The van der Waals surface area contributed by atoms with Crippen LogP contribution in [-0.2, 0) is 16.1 Å². The standard InChI is InChI=1S/C19H20FNO2/c1-3-23-18(22)19(20)17(16-11-9-14(2)10-12-16)21(19)13-15-7-5-4-6-8-15/h4-12,17H,3,13H2,1-2H3. The third-order valence-corrected chi connectivity index (χ3v) is 4.17. The van der Waals surface area contributed by atoms with E-state index in [0.717, 1.165) is 16.7 Å². The van der Waals surface area contributed by atoms with E-state index in [2.05, 4.69) is 0 Å². The van der Waals surface area contributed by atoms with E-state index in [0.29, 0.717) is 6.54 Å². The Kier molecular flexibility index (Phi) is 4.18. The Morgan fingerprint density at radius 3 is 2.43 bits per heavy atom. The van der Waals surface area contributed by atoms with Crippen LogP contribution in [0.25, 0.3) is 0 Å². The number of hydrogen-bond donors (Lipinski definition) is 0. The van der Waals surface area contributed by atoms with Gasteiger partial charge in [0, 0.05) is 6.54 Å². The highest BCUT2D eigenvalue weighted by Crippen LogP contribution is 2.56. The summed E-state index contributed by atoms with van der Waals surface area (Å²) < 4.78 is 20.3. The second-order valence-electron chi connectivity index (χ2n) is 5.82. The third-order valence-electron chi connectivity index (χ3n) is 4.17. The number of halogens is 1. The number of aryl methyl sites for hydroxylation is 1. The zero-order chi connectivity index (χ0) is 16.4. The van der Waals surface area contributed by atoms with Crippen LogP contribution in [0, 0.1) is 6.92 Å². The van der Waals surface area contributed by atoms with E-state index < -0.39 is 17.8 Å². The fourth-order valence-corrected chi connectivity index (χ4v) is 2.91. The van der Waals surface area contributed by atoms with Crippen LogP contribution < -0.4 is 0 Å². The first kappa shape index (κ1) is 15.7. The van der Waals surface area contributed by atoms with E-state index in [1.54, 1.807) is 11.8 Å². The van der Waals surface area contributed by atoms with Gasteiger partial charge >= 0.3 is 5.97 Å². The highest BCUT2D eigenvalue weighted by atomic mass is 19.2. The number of ether oxygens (including phenoxy) is 1. The van der Waals surface area contributed by atoms with E-state index in [9.17, 15) is 4.79 Å². The molecule has 1 aliphatic heterocycles. The monoisotopic (exact) mass is 313 g/mol. The van der Waals surface area contributed by atoms with Crippen molar-refractivity contribution in [3.63, 3.8) is 0 Å². The maximum Gasteiger partial charge on any atom is 0.361 e. The molecule has 0 aliphatic carbocycles. The third kappa shape index (κ3) is 2.86. The number of esters is 1. The fraction of sp³-hybridized carbons (Fsp3) is 0.316. The van der Waals surface area contributed by atoms with Gasteiger partial charge in [0.2, 0.25) is 0 Å². The lowest BCUT2D eigenvalue weighted by Crippen LogP contribution is -2.27. The minimum Gasteiger partial charge on any atom is -0.463 e. The summed E-state index contributed by atoms with van der Waals surface area (Å²) in [5.74, 6) is -2.89. The molecule has 1 fully saturated rings. The van der Waals surface area contributed by atoms with E-state index in [-0.39, 0.29) is 6.61 Å². The van der Waals surface area contributed by atoms with Gasteiger partial charge in [0.25, 0.3) is 5.79 Å². The minimum absolute atomic E-state index is 0.171. The summed E-state index contributed by atoms with van der Waals surface area (Å²) in [5.41, 5.74) is 2.86. The van der Waals surface area contributed by atoms with Crippen LogP contribution >= 0.6 is 0 Å². The van der Waals surface area contributed by atoms with Crippen LogP contribution in [-0.4, -0.2) is 23.3 Å². The summed E-state index contributed by atoms with van der Waals surface area (Å²) in [6.45, 7) is 4.21. The summed E-state index contributed by atoms with van der Waals surface area (Å²) in [5, 5.41) is 0. The first-order valence-corrected chi connectivity index (χ1v) is 7.80. The Morgan fingerprint density at radius 2 is 1.83 bits per heavy atom. The zero-order valence-corrected chi connectivity index (χ0v) is 13.3. The summed E-state index contributed by atoms with van der Waals surface area (Å²) in [7, 11) is 0. The molecule has 1 heterocycles. The van der Waals surface area contributed by atoms with Crippen LogP contribution in [0.3, 0.4) is 0 Å². The minimum atomic E-state index is -2.08. The Hall–Kier alpha value is -2.20. The molecule has 120 valence electrons. The van der Waals surface area contributed by atoms with E-state index in [1.807, 2.05) is 61.5 Å². The summed E-state index contributed by atoms with van der Waals surface area (Å²) in [4.78, 5) is 13.7. The van der Waals surface area contributed by atoms with Gasteiger partial charge in [-0.15, -0.1) is 0 Å². The predicted molar refractivity (Wildman–Crippen MR) is 86.4 cm³/mol. The molecule has 0 aromatic heterocycles. The molecule has 1 aliphatic rings. The van der Waals surface area contributed by atoms with Gasteiger partial charge in [-0.1, -0.05) is 60.2 Å². The van der Waals surface area contributed by atoms with Gasteiger partial charge in [0.05, 0.1) is 12.6 Å². The molecule has 0 radical (unpaired) electrons. The second kappa shape index (κ2) is 6.13. The fourth-order valence-electron chi connectivity index (χ4n) is 2.91. The van der Waals surface area contributed by atoms with E-state index in [4.69, 9.17) is 4.74 Å². The molecule has 3 atom stereocenters. The van der Waals surface area contributed by atoms with Crippen molar-refractivity contribution in [1.29, 1.82) is 0 Å². The summed E-state index contributed by atoms with van der Waals surface area (Å²) in [6.07, 6.45) is 0. The van der Waals surface area contributed by atoms with Gasteiger partial charge in [0.15, 0.2) is 0 Å². The lowest BCUT2D eigenvalue weighted by atomic mass is 10.1. The maximum atomic E-state index is 15.3. The number of carbonyl (C=O) groups is 1. The largest absolute Gasteiger partial charge is 0.463 e. The Bertz CT molecular complexity index is 686. The van der Waals surface area contributed by atoms with Gasteiger partial charge in [-0.3, -0.25) is 0 Å². The van der Waals surface area contributed by atoms with E-state index >= 15 is 4.39 Å². The van der Waals surface area contributed by atoms with Crippen molar-refractivity contribution in [2.24, 2.45) is 0 Å². The Balaban J connectivity index is 1.88. The quantitative estimate of drug-likeness (QED) is 0.478. The molecule has 0 spiro atoms. The summed E-state index contributed by atoms with van der Waals surface area (Å²) >= 11 is 0. The first-order valence-electron chi connectivity index (χ1n) is 7.80.